The van der Waals surface area contributed by atoms with E-state index in [9.17, 15) is 13.2 Å². The molecule has 3 aromatic heterocycles. The van der Waals surface area contributed by atoms with Gasteiger partial charge in [-0.2, -0.15) is 0 Å². The quantitative estimate of drug-likeness (QED) is 0.537. The maximum absolute atomic E-state index is 12.2. The molecule has 0 unspecified atom stereocenters. The number of amides is 1. The third kappa shape index (κ3) is 4.79. The summed E-state index contributed by atoms with van der Waals surface area (Å²) in [6, 6.07) is 4.43. The molecule has 3 aromatic rings. The Labute approximate surface area is 167 Å². The van der Waals surface area contributed by atoms with Crippen LogP contribution in [-0.4, -0.2) is 52.8 Å². The normalized spacial score (nSPS) is 11.0. The zero-order valence-corrected chi connectivity index (χ0v) is 16.6. The minimum absolute atomic E-state index is 0.0151. The van der Waals surface area contributed by atoms with E-state index in [1.165, 1.54) is 37.6 Å². The predicted molar refractivity (Wildman–Crippen MR) is 106 cm³/mol. The molecule has 3 heterocycles. The maximum Gasteiger partial charge on any atom is 0.273 e. The van der Waals surface area contributed by atoms with Crippen molar-refractivity contribution in [1.82, 2.24) is 30.5 Å². The van der Waals surface area contributed by atoms with Crippen LogP contribution in [0.15, 0.2) is 41.7 Å². The molecule has 0 aromatic carbocycles. The second kappa shape index (κ2) is 8.14. The highest BCUT2D eigenvalue weighted by atomic mass is 32.2. The van der Waals surface area contributed by atoms with E-state index in [-0.39, 0.29) is 27.9 Å². The van der Waals surface area contributed by atoms with Gasteiger partial charge in [0.1, 0.15) is 16.5 Å². The van der Waals surface area contributed by atoms with Crippen molar-refractivity contribution in [1.29, 1.82) is 0 Å². The molecule has 29 heavy (non-hydrogen) atoms. The molecule has 3 N–H and O–H groups in total. The molecule has 1 amide bonds. The van der Waals surface area contributed by atoms with Gasteiger partial charge < -0.3 is 16.0 Å². The van der Waals surface area contributed by atoms with Crippen LogP contribution >= 0.6 is 0 Å². The van der Waals surface area contributed by atoms with Gasteiger partial charge in [0.25, 0.3) is 5.91 Å². The first-order chi connectivity index (χ1) is 13.8. The topological polar surface area (TPSA) is 152 Å². The summed E-state index contributed by atoms with van der Waals surface area (Å²) in [6.07, 6.45) is 5.62. The Balaban J connectivity index is 2.03. The average molecular weight is 414 g/mol. The van der Waals surface area contributed by atoms with Crippen LogP contribution in [0, 0.1) is 6.92 Å². The van der Waals surface area contributed by atoms with Crippen LogP contribution in [0.25, 0.3) is 0 Å². The molecule has 0 radical (unpaired) electrons. The lowest BCUT2D eigenvalue weighted by molar-refractivity contribution is 0.0958. The maximum atomic E-state index is 12.2. The van der Waals surface area contributed by atoms with Gasteiger partial charge in [0, 0.05) is 31.8 Å². The number of carbonyl (C=O) groups excluding carboxylic acids is 1. The molecule has 0 aliphatic carbocycles. The van der Waals surface area contributed by atoms with E-state index in [2.05, 4.69) is 41.1 Å². The molecule has 0 bridgehead atoms. The lowest BCUT2D eigenvalue weighted by Crippen LogP contribution is -2.22. The van der Waals surface area contributed by atoms with Gasteiger partial charge in [-0.05, 0) is 19.1 Å². The number of hydrogen-bond donors (Lipinski definition) is 3. The van der Waals surface area contributed by atoms with Crippen molar-refractivity contribution in [2.24, 2.45) is 0 Å². The summed E-state index contributed by atoms with van der Waals surface area (Å²) < 4.78 is 24.1. The fourth-order valence-electron chi connectivity index (χ4n) is 2.40. The number of aryl methyl sites for hydroxylation is 1. The van der Waals surface area contributed by atoms with Crippen LogP contribution in [0.2, 0.25) is 0 Å². The third-order valence-corrected chi connectivity index (χ3v) is 4.80. The van der Waals surface area contributed by atoms with Gasteiger partial charge in [-0.15, -0.1) is 10.2 Å². The molecule has 0 atom stereocenters. The van der Waals surface area contributed by atoms with Crippen molar-refractivity contribution in [2.75, 3.05) is 23.9 Å². The van der Waals surface area contributed by atoms with Gasteiger partial charge in [-0.1, -0.05) is 0 Å². The monoisotopic (exact) mass is 414 g/mol. The standard InChI is InChI=1S/C17H18N8O3S/c1-10-8-19-9-14(21-10)23-13-7-11(15(25-24-13)17(26)18-2)22-16-12(29(3,27)28)5-4-6-20-16/h4-9H,1-3H3,(H,18,26)(H2,20,21,22,23,24). The first-order valence-electron chi connectivity index (χ1n) is 8.35. The summed E-state index contributed by atoms with van der Waals surface area (Å²) in [5, 5.41) is 16.2. The number of pyridine rings is 1. The number of hydrogen-bond acceptors (Lipinski definition) is 10. The van der Waals surface area contributed by atoms with Crippen LogP contribution in [0.1, 0.15) is 16.2 Å². The molecule has 0 aliphatic heterocycles. The van der Waals surface area contributed by atoms with Crippen LogP contribution in [0.3, 0.4) is 0 Å². The minimum atomic E-state index is -3.55. The van der Waals surface area contributed by atoms with Crippen molar-refractivity contribution in [3.63, 3.8) is 0 Å². The first-order valence-corrected chi connectivity index (χ1v) is 10.2. The molecule has 12 heteroatoms. The molecule has 0 saturated heterocycles. The molecule has 11 nitrogen and oxygen atoms in total. The molecular formula is C17H18N8O3S. The van der Waals surface area contributed by atoms with E-state index in [1.54, 1.807) is 13.1 Å². The van der Waals surface area contributed by atoms with Gasteiger partial charge in [-0.3, -0.25) is 9.78 Å². The van der Waals surface area contributed by atoms with Crippen molar-refractivity contribution in [3.05, 3.63) is 48.2 Å². The largest absolute Gasteiger partial charge is 0.354 e. The second-order valence-corrected chi connectivity index (χ2v) is 7.97. The molecular weight excluding hydrogens is 396 g/mol. The fourth-order valence-corrected chi connectivity index (χ4v) is 3.18. The van der Waals surface area contributed by atoms with E-state index in [4.69, 9.17) is 0 Å². The van der Waals surface area contributed by atoms with E-state index in [1.807, 2.05) is 0 Å². The summed E-state index contributed by atoms with van der Waals surface area (Å²) >= 11 is 0. The summed E-state index contributed by atoms with van der Waals surface area (Å²) in [4.78, 5) is 24.6. The first kappa shape index (κ1) is 20.1. The fraction of sp³-hybridized carbons (Fsp3) is 0.176. The van der Waals surface area contributed by atoms with Crippen LogP contribution in [-0.2, 0) is 9.84 Å². The number of rotatable bonds is 6. The zero-order valence-electron chi connectivity index (χ0n) is 15.8. The van der Waals surface area contributed by atoms with Gasteiger partial charge in [0.15, 0.2) is 21.3 Å². The van der Waals surface area contributed by atoms with Gasteiger partial charge in [-0.25, -0.2) is 18.4 Å². The minimum Gasteiger partial charge on any atom is -0.354 e. The number of aromatic nitrogens is 5. The van der Waals surface area contributed by atoms with Crippen molar-refractivity contribution >= 4 is 38.9 Å². The van der Waals surface area contributed by atoms with Gasteiger partial charge >= 0.3 is 0 Å². The molecule has 0 fully saturated rings. The summed E-state index contributed by atoms with van der Waals surface area (Å²) in [5.74, 6) is 0.276. The van der Waals surface area contributed by atoms with E-state index in [0.717, 1.165) is 6.26 Å². The highest BCUT2D eigenvalue weighted by Crippen LogP contribution is 2.26. The Bertz CT molecular complexity index is 1170. The highest BCUT2D eigenvalue weighted by Gasteiger charge is 2.19. The third-order valence-electron chi connectivity index (χ3n) is 3.67. The van der Waals surface area contributed by atoms with Gasteiger partial charge in [0.2, 0.25) is 0 Å². The Morgan fingerprint density at radius 1 is 1.10 bits per heavy atom. The Kier molecular flexibility index (Phi) is 5.64. The molecule has 3 rings (SSSR count). The SMILES string of the molecule is CNC(=O)c1nnc(Nc2cncc(C)n2)cc1Nc1ncccc1S(C)(=O)=O. The molecule has 150 valence electrons. The van der Waals surface area contributed by atoms with Crippen LogP contribution in [0.5, 0.6) is 0 Å². The number of nitrogens with zero attached hydrogens (tertiary/aromatic N) is 5. The predicted octanol–water partition coefficient (Wildman–Crippen LogP) is 1.22. The lowest BCUT2D eigenvalue weighted by atomic mass is 10.3. The smallest absolute Gasteiger partial charge is 0.273 e. The van der Waals surface area contributed by atoms with Crippen molar-refractivity contribution < 1.29 is 13.2 Å². The van der Waals surface area contributed by atoms with E-state index >= 15 is 0 Å². The Hall–Kier alpha value is -3.67. The molecule has 0 spiro atoms. The van der Waals surface area contributed by atoms with E-state index in [0.29, 0.717) is 11.5 Å². The number of anilines is 4. The zero-order chi connectivity index (χ0) is 21.0. The highest BCUT2D eigenvalue weighted by molar-refractivity contribution is 7.90. The number of carbonyl (C=O) groups is 1. The number of sulfone groups is 1. The van der Waals surface area contributed by atoms with Crippen LogP contribution in [0.4, 0.5) is 23.1 Å². The van der Waals surface area contributed by atoms with Crippen molar-refractivity contribution in [3.8, 4) is 0 Å². The second-order valence-electron chi connectivity index (χ2n) is 5.99. The summed E-state index contributed by atoms with van der Waals surface area (Å²) in [7, 11) is -2.10. The van der Waals surface area contributed by atoms with Crippen molar-refractivity contribution in [2.45, 2.75) is 11.8 Å². The summed E-state index contributed by atoms with van der Waals surface area (Å²) in [5.41, 5.74) is 0.888. The molecule has 0 saturated carbocycles. The van der Waals surface area contributed by atoms with E-state index < -0.39 is 15.7 Å². The Morgan fingerprint density at radius 2 is 1.90 bits per heavy atom. The summed E-state index contributed by atoms with van der Waals surface area (Å²) in [6.45, 7) is 1.79. The number of nitrogens with one attached hydrogen (secondary N) is 3. The van der Waals surface area contributed by atoms with Crippen LogP contribution < -0.4 is 16.0 Å². The van der Waals surface area contributed by atoms with Gasteiger partial charge in [0.05, 0.1) is 17.6 Å². The average Bonchev–Trinajstić information content (AvgIpc) is 2.67. The Morgan fingerprint density at radius 3 is 2.59 bits per heavy atom. The lowest BCUT2D eigenvalue weighted by Gasteiger charge is -2.13. The molecule has 0 aliphatic rings.